The molecule has 0 aromatic carbocycles. The third-order valence-corrected chi connectivity index (χ3v) is 3.53. The Morgan fingerprint density at radius 1 is 1.53 bits per heavy atom. The first-order valence-corrected chi connectivity index (χ1v) is 6.92. The lowest BCUT2D eigenvalue weighted by molar-refractivity contribution is 0.0906. The van der Waals surface area contributed by atoms with Crippen LogP contribution >= 0.6 is 0 Å². The summed E-state index contributed by atoms with van der Waals surface area (Å²) in [5.74, 6) is -0.160. The highest BCUT2D eigenvalue weighted by molar-refractivity contribution is 5.97. The maximum atomic E-state index is 12.1. The molecule has 1 aromatic heterocycles. The van der Waals surface area contributed by atoms with Crippen molar-refractivity contribution in [3.05, 3.63) is 11.9 Å². The molecule has 1 aliphatic heterocycles. The number of amides is 1. The summed E-state index contributed by atoms with van der Waals surface area (Å²) >= 11 is 0. The van der Waals surface area contributed by atoms with Gasteiger partial charge in [0.05, 0.1) is 5.69 Å². The van der Waals surface area contributed by atoms with Crippen LogP contribution in [0.5, 0.6) is 0 Å². The minimum atomic E-state index is -0.160. The van der Waals surface area contributed by atoms with E-state index in [0.29, 0.717) is 11.4 Å². The maximum Gasteiger partial charge on any atom is 0.274 e. The van der Waals surface area contributed by atoms with Crippen LogP contribution in [0.25, 0.3) is 0 Å². The van der Waals surface area contributed by atoms with Gasteiger partial charge in [-0.1, -0.05) is 6.92 Å². The van der Waals surface area contributed by atoms with Crippen LogP contribution in [0.15, 0.2) is 6.20 Å². The molecule has 0 radical (unpaired) electrons. The Balaban J connectivity index is 1.85. The zero-order valence-corrected chi connectivity index (χ0v) is 11.7. The fourth-order valence-electron chi connectivity index (χ4n) is 2.55. The SMILES string of the molecule is CCCN1CCC(NC(=O)c2nn(C)cc2N)CC1. The van der Waals surface area contributed by atoms with E-state index < -0.39 is 0 Å². The predicted molar refractivity (Wildman–Crippen MR) is 74.8 cm³/mol. The van der Waals surface area contributed by atoms with Gasteiger partial charge in [0, 0.05) is 32.4 Å². The summed E-state index contributed by atoms with van der Waals surface area (Å²) in [4.78, 5) is 14.5. The number of anilines is 1. The molecule has 6 nitrogen and oxygen atoms in total. The Labute approximate surface area is 113 Å². The van der Waals surface area contributed by atoms with Gasteiger partial charge in [-0.25, -0.2) is 0 Å². The van der Waals surface area contributed by atoms with Crippen molar-refractivity contribution in [3.8, 4) is 0 Å². The molecule has 106 valence electrons. The summed E-state index contributed by atoms with van der Waals surface area (Å²) in [6.07, 6.45) is 4.83. The topological polar surface area (TPSA) is 76.2 Å². The molecule has 2 rings (SSSR count). The number of hydrogen-bond donors (Lipinski definition) is 2. The van der Waals surface area contributed by atoms with Crippen LogP contribution in [0.1, 0.15) is 36.7 Å². The number of likely N-dealkylation sites (tertiary alicyclic amines) is 1. The van der Waals surface area contributed by atoms with E-state index in [9.17, 15) is 4.79 Å². The molecule has 19 heavy (non-hydrogen) atoms. The highest BCUT2D eigenvalue weighted by Crippen LogP contribution is 2.13. The van der Waals surface area contributed by atoms with Gasteiger partial charge in [-0.15, -0.1) is 0 Å². The number of nitrogens with two attached hydrogens (primary N) is 1. The van der Waals surface area contributed by atoms with Gasteiger partial charge in [0.1, 0.15) is 0 Å². The van der Waals surface area contributed by atoms with Crippen LogP contribution in [-0.4, -0.2) is 46.3 Å². The quantitative estimate of drug-likeness (QED) is 0.836. The van der Waals surface area contributed by atoms with Gasteiger partial charge in [-0.2, -0.15) is 5.10 Å². The molecule has 1 aliphatic rings. The number of carbonyl (C=O) groups excluding carboxylic acids is 1. The number of nitrogens with zero attached hydrogens (tertiary/aromatic N) is 3. The molecule has 1 aromatic rings. The number of nitrogens with one attached hydrogen (secondary N) is 1. The Morgan fingerprint density at radius 2 is 2.21 bits per heavy atom. The lowest BCUT2D eigenvalue weighted by atomic mass is 10.0. The maximum absolute atomic E-state index is 12.1. The summed E-state index contributed by atoms with van der Waals surface area (Å²) < 4.78 is 1.56. The minimum absolute atomic E-state index is 0.160. The molecule has 1 amide bonds. The van der Waals surface area contributed by atoms with Gasteiger partial charge in [0.15, 0.2) is 5.69 Å². The number of rotatable bonds is 4. The first-order chi connectivity index (χ1) is 9.10. The molecular weight excluding hydrogens is 242 g/mol. The van der Waals surface area contributed by atoms with Gasteiger partial charge in [-0.3, -0.25) is 9.48 Å². The number of aromatic nitrogens is 2. The van der Waals surface area contributed by atoms with Gasteiger partial charge in [0.2, 0.25) is 0 Å². The molecule has 0 saturated carbocycles. The monoisotopic (exact) mass is 265 g/mol. The molecule has 1 saturated heterocycles. The Bertz CT molecular complexity index is 434. The first-order valence-electron chi connectivity index (χ1n) is 6.92. The summed E-state index contributed by atoms with van der Waals surface area (Å²) in [6, 6.07) is 0.238. The van der Waals surface area contributed by atoms with Crippen molar-refractivity contribution in [2.45, 2.75) is 32.2 Å². The van der Waals surface area contributed by atoms with Crippen molar-refractivity contribution in [1.29, 1.82) is 0 Å². The fraction of sp³-hybridized carbons (Fsp3) is 0.692. The van der Waals surface area contributed by atoms with Crippen LogP contribution in [0.4, 0.5) is 5.69 Å². The number of piperidine rings is 1. The zero-order valence-electron chi connectivity index (χ0n) is 11.7. The number of hydrogen-bond acceptors (Lipinski definition) is 4. The van der Waals surface area contributed by atoms with E-state index in [1.165, 1.54) is 6.42 Å². The Morgan fingerprint density at radius 3 is 2.74 bits per heavy atom. The van der Waals surface area contributed by atoms with Crippen LogP contribution in [0.2, 0.25) is 0 Å². The average Bonchev–Trinajstić information content (AvgIpc) is 2.71. The third-order valence-electron chi connectivity index (χ3n) is 3.53. The Kier molecular flexibility index (Phi) is 4.42. The molecule has 0 aliphatic carbocycles. The van der Waals surface area contributed by atoms with Gasteiger partial charge in [-0.05, 0) is 25.8 Å². The van der Waals surface area contributed by atoms with E-state index in [-0.39, 0.29) is 11.9 Å². The third kappa shape index (κ3) is 3.47. The fourth-order valence-corrected chi connectivity index (χ4v) is 2.55. The molecule has 0 atom stereocenters. The highest BCUT2D eigenvalue weighted by Gasteiger charge is 2.22. The van der Waals surface area contributed by atoms with Crippen molar-refractivity contribution >= 4 is 11.6 Å². The molecular formula is C13H23N5O. The first kappa shape index (κ1) is 13.9. The lowest BCUT2D eigenvalue weighted by Gasteiger charge is -2.31. The van der Waals surface area contributed by atoms with E-state index in [0.717, 1.165) is 32.5 Å². The molecule has 3 N–H and O–H groups in total. The summed E-state index contributed by atoms with van der Waals surface area (Å²) in [7, 11) is 1.76. The van der Waals surface area contributed by atoms with Crippen molar-refractivity contribution in [2.24, 2.45) is 7.05 Å². The average molecular weight is 265 g/mol. The van der Waals surface area contributed by atoms with Crippen LogP contribution in [0.3, 0.4) is 0 Å². The second-order valence-corrected chi connectivity index (χ2v) is 5.20. The van der Waals surface area contributed by atoms with Crippen LogP contribution < -0.4 is 11.1 Å². The van der Waals surface area contributed by atoms with Gasteiger partial charge >= 0.3 is 0 Å². The van der Waals surface area contributed by atoms with Gasteiger partial charge < -0.3 is 16.0 Å². The zero-order chi connectivity index (χ0) is 13.8. The number of aryl methyl sites for hydroxylation is 1. The van der Waals surface area contributed by atoms with Crippen LogP contribution in [-0.2, 0) is 7.05 Å². The van der Waals surface area contributed by atoms with E-state index in [1.54, 1.807) is 17.9 Å². The molecule has 0 bridgehead atoms. The molecule has 0 unspecified atom stereocenters. The van der Waals surface area contributed by atoms with Crippen LogP contribution in [0, 0.1) is 0 Å². The Hall–Kier alpha value is -1.56. The summed E-state index contributed by atoms with van der Waals surface area (Å²) in [5.41, 5.74) is 6.52. The van der Waals surface area contributed by atoms with E-state index >= 15 is 0 Å². The summed E-state index contributed by atoms with van der Waals surface area (Å²) in [5, 5.41) is 7.12. The van der Waals surface area contributed by atoms with Crippen molar-refractivity contribution in [1.82, 2.24) is 20.0 Å². The van der Waals surface area contributed by atoms with E-state index in [4.69, 9.17) is 5.73 Å². The summed E-state index contributed by atoms with van der Waals surface area (Å²) in [6.45, 7) is 5.44. The van der Waals surface area contributed by atoms with E-state index in [2.05, 4.69) is 22.2 Å². The standard InChI is InChI=1S/C13H23N5O/c1-3-6-18-7-4-10(5-8-18)15-13(19)12-11(14)9-17(2)16-12/h9-10H,3-8,14H2,1-2H3,(H,15,19). The normalized spacial score (nSPS) is 17.6. The number of carbonyl (C=O) groups is 1. The lowest BCUT2D eigenvalue weighted by Crippen LogP contribution is -2.45. The van der Waals surface area contributed by atoms with Crippen molar-refractivity contribution < 1.29 is 4.79 Å². The smallest absolute Gasteiger partial charge is 0.274 e. The minimum Gasteiger partial charge on any atom is -0.396 e. The molecule has 6 heteroatoms. The van der Waals surface area contributed by atoms with Crippen molar-refractivity contribution in [2.75, 3.05) is 25.4 Å². The second kappa shape index (κ2) is 6.06. The molecule has 2 heterocycles. The molecule has 0 spiro atoms. The van der Waals surface area contributed by atoms with Gasteiger partial charge in [0.25, 0.3) is 5.91 Å². The highest BCUT2D eigenvalue weighted by atomic mass is 16.2. The molecule has 1 fully saturated rings. The number of nitrogen functional groups attached to an aromatic ring is 1. The predicted octanol–water partition coefficient (Wildman–Crippen LogP) is 0.607. The van der Waals surface area contributed by atoms with E-state index in [1.807, 2.05) is 0 Å². The largest absolute Gasteiger partial charge is 0.396 e. The second-order valence-electron chi connectivity index (χ2n) is 5.20. The van der Waals surface area contributed by atoms with Crippen molar-refractivity contribution in [3.63, 3.8) is 0 Å².